The number of Topliss-reactive ketones (excluding diaryl/α,β-unsaturated/α-hetero) is 1. The van der Waals surface area contributed by atoms with Crippen LogP contribution in [0.3, 0.4) is 0 Å². The molecule has 0 unspecified atom stereocenters. The molecule has 0 amide bonds. The Morgan fingerprint density at radius 1 is 1.38 bits per heavy atom. The highest BCUT2D eigenvalue weighted by atomic mass is 16.3. The summed E-state index contributed by atoms with van der Waals surface area (Å²) in [7, 11) is 0. The highest BCUT2D eigenvalue weighted by Crippen LogP contribution is 2.22. The molecule has 1 aromatic heterocycles. The number of ketones is 1. The fourth-order valence-electron chi connectivity index (χ4n) is 1.44. The standard InChI is InChI=1S/C11H10O2/c1-7-3-4-10-9(5-7)6-13-11(10)8(2)12/h3-6H,1-2H3. The van der Waals surface area contributed by atoms with Gasteiger partial charge in [-0.05, 0) is 13.0 Å². The van der Waals surface area contributed by atoms with Crippen molar-refractivity contribution < 1.29 is 9.21 Å². The van der Waals surface area contributed by atoms with Gasteiger partial charge in [-0.15, -0.1) is 0 Å². The van der Waals surface area contributed by atoms with E-state index in [0.29, 0.717) is 5.76 Å². The molecular formula is C11H10O2. The Labute approximate surface area is 76.2 Å². The van der Waals surface area contributed by atoms with Gasteiger partial charge in [-0.2, -0.15) is 0 Å². The van der Waals surface area contributed by atoms with Gasteiger partial charge in [0, 0.05) is 17.7 Å². The van der Waals surface area contributed by atoms with Crippen LogP contribution >= 0.6 is 0 Å². The zero-order valence-corrected chi connectivity index (χ0v) is 7.63. The average molecular weight is 174 g/mol. The molecule has 0 radical (unpaired) electrons. The van der Waals surface area contributed by atoms with E-state index < -0.39 is 0 Å². The van der Waals surface area contributed by atoms with E-state index in [1.54, 1.807) is 6.26 Å². The van der Waals surface area contributed by atoms with E-state index in [0.717, 1.165) is 10.8 Å². The zero-order chi connectivity index (χ0) is 9.42. The summed E-state index contributed by atoms with van der Waals surface area (Å²) in [5.74, 6) is 0.425. The number of carbonyl (C=O) groups is 1. The minimum Gasteiger partial charge on any atom is -0.460 e. The maximum atomic E-state index is 11.1. The second-order valence-corrected chi connectivity index (χ2v) is 3.21. The smallest absolute Gasteiger partial charge is 0.195 e. The van der Waals surface area contributed by atoms with Crippen LogP contribution < -0.4 is 0 Å². The van der Waals surface area contributed by atoms with E-state index in [-0.39, 0.29) is 5.78 Å². The number of furan rings is 1. The minimum absolute atomic E-state index is 0.0288. The van der Waals surface area contributed by atoms with E-state index in [1.807, 2.05) is 25.1 Å². The number of fused-ring (bicyclic) bond motifs is 1. The van der Waals surface area contributed by atoms with E-state index in [9.17, 15) is 4.79 Å². The van der Waals surface area contributed by atoms with Crippen LogP contribution in [-0.4, -0.2) is 5.78 Å². The predicted molar refractivity (Wildman–Crippen MR) is 51.0 cm³/mol. The third kappa shape index (κ3) is 1.24. The summed E-state index contributed by atoms with van der Waals surface area (Å²) in [5, 5.41) is 1.89. The van der Waals surface area contributed by atoms with Crippen LogP contribution in [0.1, 0.15) is 23.0 Å². The molecule has 1 heterocycles. The fourth-order valence-corrected chi connectivity index (χ4v) is 1.44. The molecule has 0 saturated carbocycles. The van der Waals surface area contributed by atoms with Gasteiger partial charge in [0.05, 0.1) is 6.26 Å². The first-order valence-electron chi connectivity index (χ1n) is 4.17. The molecule has 2 rings (SSSR count). The molecule has 0 atom stereocenters. The summed E-state index contributed by atoms with van der Waals surface area (Å²) in [4.78, 5) is 11.1. The zero-order valence-electron chi connectivity index (χ0n) is 7.63. The van der Waals surface area contributed by atoms with Crippen molar-refractivity contribution in [2.45, 2.75) is 13.8 Å². The summed E-state index contributed by atoms with van der Waals surface area (Å²) < 4.78 is 5.18. The quantitative estimate of drug-likeness (QED) is 0.622. The summed E-state index contributed by atoms with van der Waals surface area (Å²) in [6, 6.07) is 5.90. The Kier molecular flexibility index (Phi) is 1.69. The fraction of sp³-hybridized carbons (Fsp3) is 0.182. The van der Waals surface area contributed by atoms with Crippen molar-refractivity contribution in [2.75, 3.05) is 0 Å². The van der Waals surface area contributed by atoms with Gasteiger partial charge < -0.3 is 4.42 Å². The highest BCUT2D eigenvalue weighted by molar-refractivity contribution is 6.04. The molecule has 2 nitrogen and oxygen atoms in total. The van der Waals surface area contributed by atoms with Crippen LogP contribution in [0.2, 0.25) is 0 Å². The van der Waals surface area contributed by atoms with Gasteiger partial charge in [0.25, 0.3) is 0 Å². The Balaban J connectivity index is 2.76. The lowest BCUT2D eigenvalue weighted by Crippen LogP contribution is -1.88. The first-order chi connectivity index (χ1) is 6.18. The number of carbonyl (C=O) groups excluding carboxylic acids is 1. The molecule has 0 spiro atoms. The number of hydrogen-bond donors (Lipinski definition) is 0. The van der Waals surface area contributed by atoms with E-state index >= 15 is 0 Å². The second-order valence-electron chi connectivity index (χ2n) is 3.21. The molecule has 0 aliphatic rings. The van der Waals surface area contributed by atoms with Crippen LogP contribution in [0.25, 0.3) is 10.8 Å². The normalized spacial score (nSPS) is 10.6. The van der Waals surface area contributed by atoms with Gasteiger partial charge in [0.1, 0.15) is 0 Å². The van der Waals surface area contributed by atoms with Gasteiger partial charge in [0.15, 0.2) is 11.5 Å². The van der Waals surface area contributed by atoms with Crippen LogP contribution in [0, 0.1) is 6.92 Å². The first kappa shape index (κ1) is 8.05. The van der Waals surface area contributed by atoms with Gasteiger partial charge >= 0.3 is 0 Å². The van der Waals surface area contributed by atoms with E-state index in [1.165, 1.54) is 12.5 Å². The molecule has 0 bridgehead atoms. The van der Waals surface area contributed by atoms with Gasteiger partial charge in [-0.25, -0.2) is 0 Å². The summed E-state index contributed by atoms with van der Waals surface area (Å²) in [6.07, 6.45) is 1.62. The summed E-state index contributed by atoms with van der Waals surface area (Å²) in [5.41, 5.74) is 1.17. The highest BCUT2D eigenvalue weighted by Gasteiger charge is 2.09. The molecule has 0 saturated heterocycles. The minimum atomic E-state index is -0.0288. The Bertz CT molecular complexity index is 466. The Morgan fingerprint density at radius 3 is 2.85 bits per heavy atom. The van der Waals surface area contributed by atoms with Crippen LogP contribution in [0.5, 0.6) is 0 Å². The molecule has 66 valence electrons. The molecule has 1 aromatic carbocycles. The van der Waals surface area contributed by atoms with Crippen LogP contribution in [0.4, 0.5) is 0 Å². The molecule has 2 heteroatoms. The van der Waals surface area contributed by atoms with Crippen molar-refractivity contribution in [3.05, 3.63) is 35.8 Å². The van der Waals surface area contributed by atoms with Crippen molar-refractivity contribution in [1.82, 2.24) is 0 Å². The van der Waals surface area contributed by atoms with Gasteiger partial charge in [-0.1, -0.05) is 17.7 Å². The van der Waals surface area contributed by atoms with Crippen molar-refractivity contribution in [3.8, 4) is 0 Å². The van der Waals surface area contributed by atoms with Crippen LogP contribution in [-0.2, 0) is 0 Å². The Morgan fingerprint density at radius 2 is 2.15 bits per heavy atom. The molecule has 0 aliphatic carbocycles. The van der Waals surface area contributed by atoms with Crippen molar-refractivity contribution in [1.29, 1.82) is 0 Å². The molecule has 13 heavy (non-hydrogen) atoms. The summed E-state index contributed by atoms with van der Waals surface area (Å²) >= 11 is 0. The SMILES string of the molecule is CC(=O)c1occ2cc(C)ccc12. The third-order valence-electron chi connectivity index (χ3n) is 2.08. The topological polar surface area (TPSA) is 30.2 Å². The van der Waals surface area contributed by atoms with Gasteiger partial charge in [0.2, 0.25) is 0 Å². The predicted octanol–water partition coefficient (Wildman–Crippen LogP) is 2.94. The summed E-state index contributed by atoms with van der Waals surface area (Å²) in [6.45, 7) is 3.53. The van der Waals surface area contributed by atoms with E-state index in [4.69, 9.17) is 4.42 Å². The second kappa shape index (κ2) is 2.73. The maximum Gasteiger partial charge on any atom is 0.195 e. The molecule has 0 fully saturated rings. The maximum absolute atomic E-state index is 11.1. The number of benzene rings is 1. The van der Waals surface area contributed by atoms with Crippen molar-refractivity contribution in [3.63, 3.8) is 0 Å². The third-order valence-corrected chi connectivity index (χ3v) is 2.08. The lowest BCUT2D eigenvalue weighted by molar-refractivity contribution is 0.0989. The monoisotopic (exact) mass is 174 g/mol. The molecule has 2 aromatic rings. The Hall–Kier alpha value is -1.57. The first-order valence-corrected chi connectivity index (χ1v) is 4.17. The molecular weight excluding hydrogens is 164 g/mol. The van der Waals surface area contributed by atoms with Gasteiger partial charge in [-0.3, -0.25) is 4.79 Å². The average Bonchev–Trinajstić information content (AvgIpc) is 2.46. The molecule has 0 N–H and O–H groups in total. The largest absolute Gasteiger partial charge is 0.460 e. The molecule has 0 aliphatic heterocycles. The number of rotatable bonds is 1. The van der Waals surface area contributed by atoms with Crippen molar-refractivity contribution >= 4 is 16.6 Å². The number of hydrogen-bond acceptors (Lipinski definition) is 2. The lowest BCUT2D eigenvalue weighted by atomic mass is 10.1. The lowest BCUT2D eigenvalue weighted by Gasteiger charge is -1.92. The number of aryl methyl sites for hydroxylation is 1. The van der Waals surface area contributed by atoms with Crippen molar-refractivity contribution in [2.24, 2.45) is 0 Å². The van der Waals surface area contributed by atoms with Crippen LogP contribution in [0.15, 0.2) is 28.9 Å². The van der Waals surface area contributed by atoms with E-state index in [2.05, 4.69) is 0 Å².